The average Bonchev–Trinajstić information content (AvgIpc) is 2.86. The van der Waals surface area contributed by atoms with Gasteiger partial charge in [-0.15, -0.1) is 46.2 Å². The molecule has 0 aliphatic carbocycles. The Morgan fingerprint density at radius 2 is 1.36 bits per heavy atom. The number of thiophene rings is 2. The highest BCUT2D eigenvalue weighted by atomic mass is 32.2. The standard InChI is InChI=1S/C10H10S4/c1-3-9(11-5-1)13-7-8-14-10-4-2-6-12-10/h1-6H,7-8H2. The molecule has 0 nitrogen and oxygen atoms in total. The van der Waals surface area contributed by atoms with Gasteiger partial charge < -0.3 is 0 Å². The Kier molecular flexibility index (Phi) is 4.44. The molecule has 4 heteroatoms. The molecule has 14 heavy (non-hydrogen) atoms. The second-order valence-corrected chi connectivity index (χ2v) is 7.25. The lowest BCUT2D eigenvalue weighted by Crippen LogP contribution is -1.80. The van der Waals surface area contributed by atoms with Gasteiger partial charge in [0.1, 0.15) is 0 Å². The minimum atomic E-state index is 1.20. The first kappa shape index (κ1) is 10.6. The Labute approximate surface area is 101 Å². The van der Waals surface area contributed by atoms with Gasteiger partial charge in [0, 0.05) is 11.5 Å². The monoisotopic (exact) mass is 258 g/mol. The Balaban J connectivity index is 1.65. The van der Waals surface area contributed by atoms with E-state index in [9.17, 15) is 0 Å². The molecule has 0 saturated heterocycles. The van der Waals surface area contributed by atoms with Crippen LogP contribution in [0.3, 0.4) is 0 Å². The zero-order valence-corrected chi connectivity index (χ0v) is 10.8. The number of hydrogen-bond acceptors (Lipinski definition) is 4. The summed E-state index contributed by atoms with van der Waals surface area (Å²) in [5.41, 5.74) is 0. The van der Waals surface area contributed by atoms with E-state index < -0.39 is 0 Å². The highest BCUT2D eigenvalue weighted by Gasteiger charge is 1.96. The topological polar surface area (TPSA) is 0 Å². The van der Waals surface area contributed by atoms with Gasteiger partial charge in [0.05, 0.1) is 8.42 Å². The number of rotatable bonds is 5. The van der Waals surface area contributed by atoms with Gasteiger partial charge in [0.15, 0.2) is 0 Å². The molecule has 0 aromatic carbocycles. The number of hydrogen-bond donors (Lipinski definition) is 0. The Bertz CT molecular complexity index is 300. The second-order valence-electron chi connectivity index (χ2n) is 2.56. The third kappa shape index (κ3) is 3.35. The van der Waals surface area contributed by atoms with Crippen molar-refractivity contribution in [2.24, 2.45) is 0 Å². The van der Waals surface area contributed by atoms with Crippen LogP contribution < -0.4 is 0 Å². The summed E-state index contributed by atoms with van der Waals surface area (Å²) in [6.45, 7) is 0. The van der Waals surface area contributed by atoms with E-state index in [1.54, 1.807) is 0 Å². The molecule has 0 unspecified atom stereocenters. The molecular weight excluding hydrogens is 248 g/mol. The summed E-state index contributed by atoms with van der Waals surface area (Å²) in [4.78, 5) is 0. The fourth-order valence-electron chi connectivity index (χ4n) is 0.976. The Morgan fingerprint density at radius 3 is 1.71 bits per heavy atom. The highest BCUT2D eigenvalue weighted by molar-refractivity contribution is 8.04. The summed E-state index contributed by atoms with van der Waals surface area (Å²) in [6, 6.07) is 8.59. The third-order valence-electron chi connectivity index (χ3n) is 1.56. The molecule has 2 aromatic rings. The number of thioether (sulfide) groups is 2. The molecule has 0 saturated carbocycles. The van der Waals surface area contributed by atoms with Crippen LogP contribution >= 0.6 is 46.2 Å². The zero-order chi connectivity index (χ0) is 9.64. The van der Waals surface area contributed by atoms with Gasteiger partial charge in [0.25, 0.3) is 0 Å². The molecular formula is C10H10S4. The lowest BCUT2D eigenvalue weighted by molar-refractivity contribution is 1.52. The summed E-state index contributed by atoms with van der Waals surface area (Å²) in [5, 5.41) is 4.27. The fourth-order valence-corrected chi connectivity index (χ4v) is 4.67. The van der Waals surface area contributed by atoms with E-state index in [2.05, 4.69) is 35.0 Å². The van der Waals surface area contributed by atoms with Crippen molar-refractivity contribution in [1.82, 2.24) is 0 Å². The Morgan fingerprint density at radius 1 is 0.857 bits per heavy atom. The van der Waals surface area contributed by atoms with Gasteiger partial charge in [-0.1, -0.05) is 12.1 Å². The molecule has 2 rings (SSSR count). The summed E-state index contributed by atoms with van der Waals surface area (Å²) >= 11 is 7.56. The van der Waals surface area contributed by atoms with Crippen LogP contribution in [0, 0.1) is 0 Å². The first-order valence-corrected chi connectivity index (χ1v) is 8.01. The van der Waals surface area contributed by atoms with Gasteiger partial charge in [-0.05, 0) is 22.9 Å². The predicted molar refractivity (Wildman–Crippen MR) is 70.1 cm³/mol. The van der Waals surface area contributed by atoms with Crippen LogP contribution in [0.4, 0.5) is 0 Å². The van der Waals surface area contributed by atoms with Crippen molar-refractivity contribution < 1.29 is 0 Å². The van der Waals surface area contributed by atoms with E-state index in [0.717, 1.165) is 0 Å². The van der Waals surface area contributed by atoms with Crippen LogP contribution in [-0.2, 0) is 0 Å². The molecule has 0 aliphatic heterocycles. The average molecular weight is 258 g/mol. The normalized spacial score (nSPS) is 10.6. The van der Waals surface area contributed by atoms with Gasteiger partial charge in [-0.25, -0.2) is 0 Å². The maximum Gasteiger partial charge on any atom is 0.0598 e. The van der Waals surface area contributed by atoms with E-state index >= 15 is 0 Å². The highest BCUT2D eigenvalue weighted by Crippen LogP contribution is 2.27. The van der Waals surface area contributed by atoms with Crippen molar-refractivity contribution >= 4 is 46.2 Å². The van der Waals surface area contributed by atoms with Crippen molar-refractivity contribution in [1.29, 1.82) is 0 Å². The van der Waals surface area contributed by atoms with Crippen molar-refractivity contribution in [3.05, 3.63) is 35.0 Å². The SMILES string of the molecule is c1csc(SCCSc2cccs2)c1. The Hall–Kier alpha value is 0.1000. The van der Waals surface area contributed by atoms with Crippen LogP contribution in [0.5, 0.6) is 0 Å². The molecule has 0 N–H and O–H groups in total. The van der Waals surface area contributed by atoms with Crippen molar-refractivity contribution in [3.8, 4) is 0 Å². The maximum atomic E-state index is 2.19. The van der Waals surface area contributed by atoms with E-state index in [1.807, 2.05) is 46.2 Å². The van der Waals surface area contributed by atoms with Crippen LogP contribution in [0.15, 0.2) is 43.4 Å². The van der Waals surface area contributed by atoms with Crippen LogP contribution in [-0.4, -0.2) is 11.5 Å². The quantitative estimate of drug-likeness (QED) is 0.563. The molecule has 0 bridgehead atoms. The van der Waals surface area contributed by atoms with E-state index in [1.165, 1.54) is 19.9 Å². The van der Waals surface area contributed by atoms with Crippen LogP contribution in [0.1, 0.15) is 0 Å². The minimum Gasteiger partial charge on any atom is -0.137 e. The lowest BCUT2D eigenvalue weighted by Gasteiger charge is -1.97. The summed E-state index contributed by atoms with van der Waals surface area (Å²) < 4.78 is 2.86. The van der Waals surface area contributed by atoms with Gasteiger partial charge in [0.2, 0.25) is 0 Å². The van der Waals surface area contributed by atoms with E-state index in [0.29, 0.717) is 0 Å². The van der Waals surface area contributed by atoms with Gasteiger partial charge in [-0.2, -0.15) is 0 Å². The van der Waals surface area contributed by atoms with Crippen molar-refractivity contribution in [3.63, 3.8) is 0 Å². The lowest BCUT2D eigenvalue weighted by atomic mass is 10.7. The first-order valence-electron chi connectivity index (χ1n) is 4.28. The van der Waals surface area contributed by atoms with Crippen LogP contribution in [0.2, 0.25) is 0 Å². The molecule has 0 spiro atoms. The smallest absolute Gasteiger partial charge is 0.0598 e. The summed E-state index contributed by atoms with van der Waals surface area (Å²) in [7, 11) is 0. The van der Waals surface area contributed by atoms with E-state index in [-0.39, 0.29) is 0 Å². The van der Waals surface area contributed by atoms with Crippen molar-refractivity contribution in [2.45, 2.75) is 8.42 Å². The van der Waals surface area contributed by atoms with E-state index in [4.69, 9.17) is 0 Å². The molecule has 0 aliphatic rings. The molecule has 0 atom stereocenters. The van der Waals surface area contributed by atoms with Gasteiger partial charge in [-0.3, -0.25) is 0 Å². The zero-order valence-electron chi connectivity index (χ0n) is 7.51. The fraction of sp³-hybridized carbons (Fsp3) is 0.200. The molecule has 2 aromatic heterocycles. The first-order chi connectivity index (χ1) is 6.95. The predicted octanol–water partition coefficient (Wildman–Crippen LogP) is 4.69. The largest absolute Gasteiger partial charge is 0.137 e. The van der Waals surface area contributed by atoms with Crippen molar-refractivity contribution in [2.75, 3.05) is 11.5 Å². The summed E-state index contributed by atoms with van der Waals surface area (Å²) in [5.74, 6) is 2.40. The molecule has 0 radical (unpaired) electrons. The summed E-state index contributed by atoms with van der Waals surface area (Å²) in [6.07, 6.45) is 0. The maximum absolute atomic E-state index is 2.19. The van der Waals surface area contributed by atoms with Gasteiger partial charge >= 0.3 is 0 Å². The molecule has 0 amide bonds. The third-order valence-corrected chi connectivity index (χ3v) is 6.09. The van der Waals surface area contributed by atoms with Crippen LogP contribution in [0.25, 0.3) is 0 Å². The molecule has 0 fully saturated rings. The molecule has 74 valence electrons. The minimum absolute atomic E-state index is 1.20. The second kappa shape index (κ2) is 5.85. The molecule has 2 heterocycles.